The molecule has 0 radical (unpaired) electrons. The van der Waals surface area contributed by atoms with Crippen molar-refractivity contribution in [3.63, 3.8) is 0 Å². The van der Waals surface area contributed by atoms with Crippen LogP contribution in [-0.4, -0.2) is 11.7 Å². The van der Waals surface area contributed by atoms with Gasteiger partial charge in [0.2, 0.25) is 0 Å². The van der Waals surface area contributed by atoms with Crippen LogP contribution in [0.15, 0.2) is 0 Å². The molecule has 0 rings (SSSR count). The van der Waals surface area contributed by atoms with Crippen molar-refractivity contribution >= 4 is 0 Å². The van der Waals surface area contributed by atoms with Gasteiger partial charge in [-0.05, 0) is 24.7 Å². The highest BCUT2D eigenvalue weighted by Crippen LogP contribution is 2.24. The molecule has 0 aromatic rings. The molecule has 0 heterocycles. The summed E-state index contributed by atoms with van der Waals surface area (Å²) in [5, 5.41) is 9.40. The van der Waals surface area contributed by atoms with Crippen molar-refractivity contribution in [1.29, 1.82) is 0 Å². The fourth-order valence-electron chi connectivity index (χ4n) is 2.42. The maximum atomic E-state index is 9.40. The van der Waals surface area contributed by atoms with Gasteiger partial charge < -0.3 is 5.11 Å². The van der Waals surface area contributed by atoms with Gasteiger partial charge in [0.15, 0.2) is 0 Å². The van der Waals surface area contributed by atoms with E-state index in [0.717, 1.165) is 5.92 Å². The largest absolute Gasteiger partial charge is 0.396 e. The topological polar surface area (TPSA) is 20.2 Å². The number of aliphatic hydroxyl groups is 1. The van der Waals surface area contributed by atoms with Crippen LogP contribution in [0.4, 0.5) is 0 Å². The van der Waals surface area contributed by atoms with E-state index in [2.05, 4.69) is 20.8 Å². The lowest BCUT2D eigenvalue weighted by Gasteiger charge is -2.21. The lowest BCUT2D eigenvalue weighted by atomic mass is 9.86. The third-order valence-corrected chi connectivity index (χ3v) is 3.68. The molecular formula is C15H32O. The predicted octanol–water partition coefficient (Wildman–Crippen LogP) is 4.78. The van der Waals surface area contributed by atoms with Crippen molar-refractivity contribution in [2.75, 3.05) is 6.61 Å². The molecule has 0 bridgehead atoms. The first-order valence-corrected chi connectivity index (χ1v) is 7.39. The molecule has 0 saturated heterocycles. The van der Waals surface area contributed by atoms with Gasteiger partial charge in [-0.15, -0.1) is 0 Å². The molecule has 16 heavy (non-hydrogen) atoms. The van der Waals surface area contributed by atoms with Gasteiger partial charge in [0, 0.05) is 6.61 Å². The van der Waals surface area contributed by atoms with Crippen LogP contribution in [0, 0.1) is 11.8 Å². The van der Waals surface area contributed by atoms with Crippen molar-refractivity contribution in [3.05, 3.63) is 0 Å². The van der Waals surface area contributed by atoms with Crippen LogP contribution in [0.5, 0.6) is 0 Å². The van der Waals surface area contributed by atoms with Crippen LogP contribution in [0.2, 0.25) is 0 Å². The summed E-state index contributed by atoms with van der Waals surface area (Å²) >= 11 is 0. The zero-order chi connectivity index (χ0) is 12.2. The average molecular weight is 228 g/mol. The Morgan fingerprint density at radius 3 is 1.94 bits per heavy atom. The normalized spacial score (nSPS) is 15.0. The third kappa shape index (κ3) is 8.15. The molecule has 0 fully saturated rings. The van der Waals surface area contributed by atoms with Crippen molar-refractivity contribution < 1.29 is 5.11 Å². The molecule has 0 aliphatic heterocycles. The Labute approximate surface area is 103 Å². The summed E-state index contributed by atoms with van der Waals surface area (Å²) in [4.78, 5) is 0. The van der Waals surface area contributed by atoms with E-state index in [0.29, 0.717) is 12.5 Å². The number of unbranched alkanes of at least 4 members (excludes halogenated alkanes) is 3. The number of hydrogen-bond acceptors (Lipinski definition) is 1. The van der Waals surface area contributed by atoms with E-state index in [9.17, 15) is 5.11 Å². The summed E-state index contributed by atoms with van der Waals surface area (Å²) in [6, 6.07) is 0. The van der Waals surface area contributed by atoms with Crippen LogP contribution in [-0.2, 0) is 0 Å². The summed E-state index contributed by atoms with van der Waals surface area (Å²) in [7, 11) is 0. The molecule has 0 amide bonds. The van der Waals surface area contributed by atoms with Crippen LogP contribution in [0.3, 0.4) is 0 Å². The van der Waals surface area contributed by atoms with Crippen LogP contribution < -0.4 is 0 Å². The molecule has 98 valence electrons. The summed E-state index contributed by atoms with van der Waals surface area (Å²) in [6.45, 7) is 7.19. The molecule has 0 aromatic heterocycles. The first-order valence-electron chi connectivity index (χ1n) is 7.39. The molecule has 0 saturated carbocycles. The summed E-state index contributed by atoms with van der Waals surface area (Å²) in [5.74, 6) is 1.41. The average Bonchev–Trinajstić information content (AvgIpc) is 2.32. The molecule has 2 unspecified atom stereocenters. The highest BCUT2D eigenvalue weighted by atomic mass is 16.3. The molecule has 1 N–H and O–H groups in total. The van der Waals surface area contributed by atoms with Crippen molar-refractivity contribution in [2.24, 2.45) is 11.8 Å². The second-order valence-electron chi connectivity index (χ2n) is 5.20. The van der Waals surface area contributed by atoms with Gasteiger partial charge in [-0.2, -0.15) is 0 Å². The number of rotatable bonds is 11. The van der Waals surface area contributed by atoms with Gasteiger partial charge in [-0.25, -0.2) is 0 Å². The Kier molecular flexibility index (Phi) is 11.4. The summed E-state index contributed by atoms with van der Waals surface area (Å²) in [6.07, 6.45) is 11.7. The van der Waals surface area contributed by atoms with Crippen molar-refractivity contribution in [3.8, 4) is 0 Å². The third-order valence-electron chi connectivity index (χ3n) is 3.68. The Morgan fingerprint density at radius 2 is 1.44 bits per heavy atom. The zero-order valence-corrected chi connectivity index (χ0v) is 11.7. The van der Waals surface area contributed by atoms with E-state index < -0.39 is 0 Å². The Hall–Kier alpha value is -0.0400. The van der Waals surface area contributed by atoms with Crippen LogP contribution >= 0.6 is 0 Å². The van der Waals surface area contributed by atoms with Gasteiger partial charge in [0.25, 0.3) is 0 Å². The smallest absolute Gasteiger partial charge is 0.0459 e. The minimum Gasteiger partial charge on any atom is -0.396 e. The quantitative estimate of drug-likeness (QED) is 0.504. The van der Waals surface area contributed by atoms with Gasteiger partial charge in [-0.1, -0.05) is 65.7 Å². The number of aliphatic hydroxyl groups excluding tert-OH is 1. The van der Waals surface area contributed by atoms with Crippen molar-refractivity contribution in [1.82, 2.24) is 0 Å². The second kappa shape index (κ2) is 11.4. The molecule has 0 aromatic carbocycles. The second-order valence-corrected chi connectivity index (χ2v) is 5.20. The zero-order valence-electron chi connectivity index (χ0n) is 11.7. The fourth-order valence-corrected chi connectivity index (χ4v) is 2.42. The van der Waals surface area contributed by atoms with E-state index in [1.165, 1.54) is 57.8 Å². The predicted molar refractivity (Wildman–Crippen MR) is 72.6 cm³/mol. The van der Waals surface area contributed by atoms with E-state index in [4.69, 9.17) is 0 Å². The Balaban J connectivity index is 3.77. The van der Waals surface area contributed by atoms with Gasteiger partial charge in [-0.3, -0.25) is 0 Å². The van der Waals surface area contributed by atoms with Gasteiger partial charge in [0.1, 0.15) is 0 Å². The molecule has 0 spiro atoms. The SMILES string of the molecule is CCCCCC(CO)CC(CC)CCCC. The minimum atomic E-state index is 0.395. The number of hydrogen-bond donors (Lipinski definition) is 1. The Morgan fingerprint density at radius 1 is 0.812 bits per heavy atom. The summed E-state index contributed by atoms with van der Waals surface area (Å²) in [5.41, 5.74) is 0. The van der Waals surface area contributed by atoms with Crippen LogP contribution in [0.1, 0.15) is 78.6 Å². The minimum absolute atomic E-state index is 0.395. The molecule has 2 atom stereocenters. The van der Waals surface area contributed by atoms with E-state index >= 15 is 0 Å². The first-order chi connectivity index (χ1) is 7.78. The first kappa shape index (κ1) is 16.0. The fraction of sp³-hybridized carbons (Fsp3) is 1.00. The Bertz CT molecular complexity index is 133. The highest BCUT2D eigenvalue weighted by Gasteiger charge is 2.14. The lowest BCUT2D eigenvalue weighted by Crippen LogP contribution is -2.12. The van der Waals surface area contributed by atoms with Crippen LogP contribution in [0.25, 0.3) is 0 Å². The maximum absolute atomic E-state index is 9.40. The molecule has 1 nitrogen and oxygen atoms in total. The molecule has 0 aliphatic rings. The van der Waals surface area contributed by atoms with Crippen molar-refractivity contribution in [2.45, 2.75) is 78.6 Å². The highest BCUT2D eigenvalue weighted by molar-refractivity contribution is 4.65. The maximum Gasteiger partial charge on any atom is 0.0459 e. The lowest BCUT2D eigenvalue weighted by molar-refractivity contribution is 0.184. The molecular weight excluding hydrogens is 196 g/mol. The molecule has 1 heteroatoms. The standard InChI is InChI=1S/C15H32O/c1-4-7-9-11-15(13-16)12-14(6-3)10-8-5-2/h14-16H,4-13H2,1-3H3. The summed E-state index contributed by atoms with van der Waals surface area (Å²) < 4.78 is 0. The van der Waals surface area contributed by atoms with E-state index in [1.807, 2.05) is 0 Å². The van der Waals surface area contributed by atoms with E-state index in [-0.39, 0.29) is 0 Å². The van der Waals surface area contributed by atoms with Gasteiger partial charge >= 0.3 is 0 Å². The van der Waals surface area contributed by atoms with Gasteiger partial charge in [0.05, 0.1) is 0 Å². The monoisotopic (exact) mass is 228 g/mol. The molecule has 0 aliphatic carbocycles. The van der Waals surface area contributed by atoms with E-state index in [1.54, 1.807) is 0 Å².